The predicted molar refractivity (Wildman–Crippen MR) is 141 cm³/mol. The van der Waals surface area contributed by atoms with Crippen molar-refractivity contribution >= 4 is 11.9 Å². The largest absolute Gasteiger partial charge is 0.549 e. The van der Waals surface area contributed by atoms with Crippen LogP contribution in [-0.4, -0.2) is 73.3 Å². The predicted octanol–water partition coefficient (Wildman–Crippen LogP) is 4.01. The number of carbonyl (C=O) groups is 2. The summed E-state index contributed by atoms with van der Waals surface area (Å²) in [5.41, 5.74) is 0. The van der Waals surface area contributed by atoms with E-state index in [0.29, 0.717) is 0 Å². The van der Waals surface area contributed by atoms with Gasteiger partial charge in [-0.3, -0.25) is 0 Å². The van der Waals surface area contributed by atoms with Crippen molar-refractivity contribution < 1.29 is 28.8 Å². The maximum atomic E-state index is 9.61. The highest BCUT2D eigenvalue weighted by atomic mass is 16.4. The van der Waals surface area contributed by atoms with Gasteiger partial charge in [0.15, 0.2) is 0 Å². The first-order valence-electron chi connectivity index (χ1n) is 14.2. The highest BCUT2D eigenvalue weighted by molar-refractivity contribution is 5.90. The van der Waals surface area contributed by atoms with Gasteiger partial charge in [-0.2, -0.15) is 0 Å². The fourth-order valence-electron chi connectivity index (χ4n) is 5.23. The van der Waals surface area contributed by atoms with Crippen LogP contribution in [-0.2, 0) is 9.59 Å². The molecule has 0 spiro atoms. The Morgan fingerprint density at radius 3 is 0.676 bits per heavy atom. The fourth-order valence-corrected chi connectivity index (χ4v) is 5.23. The molecule has 0 bridgehead atoms. The zero-order valence-corrected chi connectivity index (χ0v) is 24.4. The second-order valence-corrected chi connectivity index (χ2v) is 9.83. The molecule has 206 valence electrons. The van der Waals surface area contributed by atoms with Crippen LogP contribution in [0.15, 0.2) is 0 Å². The van der Waals surface area contributed by atoms with Crippen molar-refractivity contribution in [3.63, 3.8) is 0 Å². The lowest BCUT2D eigenvalue weighted by Crippen LogP contribution is -2.50. The summed E-state index contributed by atoms with van der Waals surface area (Å²) in [6, 6.07) is 0. The third-order valence-electron chi connectivity index (χ3n) is 6.29. The Balaban J connectivity index is -0.000000438. The Morgan fingerprint density at radius 2 is 0.618 bits per heavy atom. The molecule has 0 unspecified atom stereocenters. The van der Waals surface area contributed by atoms with Gasteiger partial charge < -0.3 is 28.8 Å². The molecular weight excluding hydrogens is 428 g/mol. The molecule has 0 rings (SSSR count). The lowest BCUT2D eigenvalue weighted by Gasteiger charge is -2.38. The molecule has 6 nitrogen and oxygen atoms in total. The number of carboxylic acid groups (broad SMARTS) is 2. The zero-order chi connectivity index (χ0) is 27.0. The molecule has 0 saturated carbocycles. The van der Waals surface area contributed by atoms with Crippen LogP contribution in [0.25, 0.3) is 0 Å². The molecule has 0 aliphatic heterocycles. The first-order valence-corrected chi connectivity index (χ1v) is 14.2. The van der Waals surface area contributed by atoms with Gasteiger partial charge in [-0.15, -0.1) is 0 Å². The Bertz CT molecular complexity index is 382. The van der Waals surface area contributed by atoms with E-state index in [2.05, 4.69) is 55.4 Å². The van der Waals surface area contributed by atoms with Crippen LogP contribution in [0.5, 0.6) is 0 Å². The normalized spacial score (nSPS) is 11.4. The second-order valence-electron chi connectivity index (χ2n) is 9.83. The molecule has 0 heterocycles. The number of quaternary nitrogens is 2. The summed E-state index contributed by atoms with van der Waals surface area (Å²) in [4.78, 5) is 19.2. The Labute approximate surface area is 212 Å². The molecule has 0 saturated heterocycles. The SMILES string of the molecule is CC(C(=O)[O-])C(=O)[O-].CCC[N+](CCC)(CCC)CCC.CCC[N+](CCC)(CCC)CCC. The summed E-state index contributed by atoms with van der Waals surface area (Å²) in [6.07, 6.45) is 10.7. The fraction of sp³-hybridized carbons (Fsp3) is 0.929. The molecule has 0 aliphatic rings. The van der Waals surface area contributed by atoms with Crippen LogP contribution in [0.2, 0.25) is 0 Å². The average molecular weight is 489 g/mol. The highest BCUT2D eigenvalue weighted by Crippen LogP contribution is 2.13. The molecule has 0 aromatic rings. The van der Waals surface area contributed by atoms with E-state index in [4.69, 9.17) is 0 Å². The monoisotopic (exact) mass is 488 g/mol. The summed E-state index contributed by atoms with van der Waals surface area (Å²) >= 11 is 0. The quantitative estimate of drug-likeness (QED) is 0.216. The second kappa shape index (κ2) is 23.6. The summed E-state index contributed by atoms with van der Waals surface area (Å²) in [5, 5.41) is 19.2. The topological polar surface area (TPSA) is 80.3 Å². The van der Waals surface area contributed by atoms with Gasteiger partial charge in [0.05, 0.1) is 52.4 Å². The van der Waals surface area contributed by atoms with Crippen LogP contribution in [0, 0.1) is 5.92 Å². The number of hydrogen-bond acceptors (Lipinski definition) is 4. The molecule has 0 N–H and O–H groups in total. The van der Waals surface area contributed by atoms with Crippen LogP contribution in [0.1, 0.15) is 114 Å². The summed E-state index contributed by atoms with van der Waals surface area (Å²) in [6.45, 7) is 30.6. The molecule has 0 aliphatic carbocycles. The van der Waals surface area contributed by atoms with Gasteiger partial charge in [0.1, 0.15) is 0 Å². The van der Waals surface area contributed by atoms with E-state index in [-0.39, 0.29) is 0 Å². The lowest BCUT2D eigenvalue weighted by atomic mass is 10.2. The van der Waals surface area contributed by atoms with E-state index in [0.717, 1.165) is 6.92 Å². The van der Waals surface area contributed by atoms with Gasteiger partial charge in [0, 0.05) is 17.9 Å². The smallest absolute Gasteiger partial charge is 0.0783 e. The molecule has 0 fully saturated rings. The summed E-state index contributed by atoms with van der Waals surface area (Å²) in [5.74, 6) is -4.76. The minimum Gasteiger partial charge on any atom is -0.549 e. The third-order valence-corrected chi connectivity index (χ3v) is 6.29. The molecule has 0 atom stereocenters. The standard InChI is InChI=1S/2C12H28N.C4H6O4/c2*1-5-9-13(10-6-2,11-7-3)12-8-4;1-2(3(5)6)4(7)8/h2*5-12H2,1-4H3;2H,1H3,(H,5,6)(H,7,8)/q2*+1;/p-2. The Hall–Kier alpha value is -1.14. The van der Waals surface area contributed by atoms with Crippen molar-refractivity contribution in [2.45, 2.75) is 114 Å². The maximum Gasteiger partial charge on any atom is 0.0783 e. The van der Waals surface area contributed by atoms with Crippen molar-refractivity contribution in [2.75, 3.05) is 52.4 Å². The number of rotatable bonds is 18. The van der Waals surface area contributed by atoms with Crippen LogP contribution >= 0.6 is 0 Å². The van der Waals surface area contributed by atoms with Crippen molar-refractivity contribution in [2.24, 2.45) is 5.92 Å². The van der Waals surface area contributed by atoms with E-state index < -0.39 is 17.9 Å². The summed E-state index contributed by atoms with van der Waals surface area (Å²) < 4.78 is 2.75. The number of hydrogen-bond donors (Lipinski definition) is 0. The molecular formula is C28H60N2O4. The van der Waals surface area contributed by atoms with E-state index in [9.17, 15) is 19.8 Å². The molecule has 0 amide bonds. The zero-order valence-electron chi connectivity index (χ0n) is 24.4. The van der Waals surface area contributed by atoms with Crippen LogP contribution in [0.4, 0.5) is 0 Å². The van der Waals surface area contributed by atoms with E-state index in [1.807, 2.05) is 0 Å². The van der Waals surface area contributed by atoms with Crippen molar-refractivity contribution in [3.8, 4) is 0 Å². The van der Waals surface area contributed by atoms with Crippen molar-refractivity contribution in [1.29, 1.82) is 0 Å². The molecule has 0 aromatic heterocycles. The minimum absolute atomic E-state index is 0.991. The van der Waals surface area contributed by atoms with Gasteiger partial charge in [0.25, 0.3) is 0 Å². The van der Waals surface area contributed by atoms with Gasteiger partial charge in [-0.1, -0.05) is 62.3 Å². The molecule has 34 heavy (non-hydrogen) atoms. The van der Waals surface area contributed by atoms with E-state index in [1.54, 1.807) is 0 Å². The van der Waals surface area contributed by atoms with Gasteiger partial charge in [-0.25, -0.2) is 0 Å². The van der Waals surface area contributed by atoms with Crippen LogP contribution < -0.4 is 10.2 Å². The van der Waals surface area contributed by atoms with Gasteiger partial charge in [0.2, 0.25) is 0 Å². The minimum atomic E-state index is -1.62. The molecule has 0 radical (unpaired) electrons. The first kappa shape index (κ1) is 37.4. The summed E-state index contributed by atoms with van der Waals surface area (Å²) in [7, 11) is 0. The third kappa shape index (κ3) is 18.2. The van der Waals surface area contributed by atoms with Gasteiger partial charge >= 0.3 is 0 Å². The molecule has 0 aromatic carbocycles. The lowest BCUT2D eigenvalue weighted by molar-refractivity contribution is -0.928. The van der Waals surface area contributed by atoms with Crippen molar-refractivity contribution in [3.05, 3.63) is 0 Å². The van der Waals surface area contributed by atoms with Crippen LogP contribution in [0.3, 0.4) is 0 Å². The number of nitrogens with zero attached hydrogens (tertiary/aromatic N) is 2. The van der Waals surface area contributed by atoms with Crippen molar-refractivity contribution in [1.82, 2.24) is 0 Å². The Kier molecular flexibility index (Phi) is 26.0. The maximum absolute atomic E-state index is 9.61. The number of carbonyl (C=O) groups excluding carboxylic acids is 2. The number of carboxylic acids is 2. The molecule has 6 heteroatoms. The first-order chi connectivity index (χ1) is 16.0. The number of aliphatic carboxylic acids is 2. The average Bonchev–Trinajstić information content (AvgIpc) is 2.75. The van der Waals surface area contributed by atoms with Gasteiger partial charge in [-0.05, 0) is 51.4 Å². The highest BCUT2D eigenvalue weighted by Gasteiger charge is 2.23. The Morgan fingerprint density at radius 1 is 0.471 bits per heavy atom. The van der Waals surface area contributed by atoms with E-state index in [1.165, 1.54) is 113 Å². The van der Waals surface area contributed by atoms with E-state index >= 15 is 0 Å².